The molecule has 4 aliphatic rings. The Labute approximate surface area is 411 Å². The Hall–Kier alpha value is -6.20. The first-order valence-corrected chi connectivity index (χ1v) is 25.8. The van der Waals surface area contributed by atoms with Crippen molar-refractivity contribution in [1.29, 1.82) is 0 Å². The highest BCUT2D eigenvalue weighted by molar-refractivity contribution is 7.00. The maximum absolute atomic E-state index is 6.99. The minimum Gasteiger partial charge on any atom is -0.454 e. The molecule has 0 amide bonds. The molecular formula is C64H68BN3O. The minimum absolute atomic E-state index is 0.0226. The number of furan rings is 1. The summed E-state index contributed by atoms with van der Waals surface area (Å²) < 4.78 is 6.99. The molecule has 4 nitrogen and oxygen atoms in total. The fraction of sp³-hybridized carbons (Fsp3) is 0.344. The third kappa shape index (κ3) is 6.47. The molecule has 5 heteroatoms. The molecule has 12 rings (SSSR count). The Morgan fingerprint density at radius 2 is 1.13 bits per heavy atom. The molecule has 1 aliphatic carbocycles. The standard InChI is InChI=1S/C64H68BN3O/c1-40-35-54-57-55(36-40)68-58-49(64(63(68,11)12)33-16-13-17-34-64)37-43(62(8,9)10)38-51(58)65(57)50-32-31-46(39-53(50)67(54)52-21-18-20-48-47-19-14-15-22-56(47)69-59(48)52)66(44-27-23-41(24-28-44)60(2,3)4)45-29-25-42(26-30-45)61(5,6)7/h14-15,18-32,35-39H,13,16-17,33-34H2,1-12H3. The average Bonchev–Trinajstić information content (AvgIpc) is 3.78. The van der Waals surface area contributed by atoms with Crippen molar-refractivity contribution in [3.8, 4) is 0 Å². The second kappa shape index (κ2) is 14.9. The molecule has 1 spiro atoms. The summed E-state index contributed by atoms with van der Waals surface area (Å²) >= 11 is 0. The van der Waals surface area contributed by atoms with Crippen LogP contribution in [0.5, 0.6) is 0 Å². The molecule has 0 saturated heterocycles. The van der Waals surface area contributed by atoms with Crippen LogP contribution in [-0.2, 0) is 21.7 Å². The third-order valence-corrected chi connectivity index (χ3v) is 17.0. The second-order valence-corrected chi connectivity index (χ2v) is 24.7. The lowest BCUT2D eigenvalue weighted by Gasteiger charge is -2.51. The average molecular weight is 906 g/mol. The molecule has 0 bridgehead atoms. The summed E-state index contributed by atoms with van der Waals surface area (Å²) in [5.74, 6) is 0. The summed E-state index contributed by atoms with van der Waals surface area (Å²) in [6.45, 7) is 28.5. The quantitative estimate of drug-likeness (QED) is 0.164. The molecule has 3 aliphatic heterocycles. The maximum atomic E-state index is 6.99. The van der Waals surface area contributed by atoms with Crippen LogP contribution in [0.3, 0.4) is 0 Å². The topological polar surface area (TPSA) is 22.9 Å². The van der Waals surface area contributed by atoms with Crippen molar-refractivity contribution in [2.75, 3.05) is 14.7 Å². The predicted octanol–water partition coefficient (Wildman–Crippen LogP) is 16.0. The normalized spacial score (nSPS) is 16.8. The van der Waals surface area contributed by atoms with Crippen molar-refractivity contribution in [3.05, 3.63) is 161 Å². The van der Waals surface area contributed by atoms with Crippen molar-refractivity contribution < 1.29 is 4.42 Å². The van der Waals surface area contributed by atoms with Crippen LogP contribution in [-0.4, -0.2) is 12.3 Å². The summed E-state index contributed by atoms with van der Waals surface area (Å²) in [7, 11) is 0. The zero-order chi connectivity index (χ0) is 48.2. The molecule has 348 valence electrons. The van der Waals surface area contributed by atoms with E-state index in [0.29, 0.717) is 0 Å². The van der Waals surface area contributed by atoms with Gasteiger partial charge >= 0.3 is 0 Å². The molecule has 0 N–H and O–H groups in total. The van der Waals surface area contributed by atoms with E-state index < -0.39 is 0 Å². The van der Waals surface area contributed by atoms with Gasteiger partial charge in [-0.05, 0) is 155 Å². The Morgan fingerprint density at radius 3 is 1.77 bits per heavy atom. The second-order valence-electron chi connectivity index (χ2n) is 24.7. The smallest absolute Gasteiger partial charge is 0.252 e. The number of hydrogen-bond acceptors (Lipinski definition) is 4. The molecule has 69 heavy (non-hydrogen) atoms. The van der Waals surface area contributed by atoms with E-state index in [1.54, 1.807) is 5.56 Å². The SMILES string of the molecule is Cc1cc2c3c(c1)N1c4c(cc(C(C)(C)C)cc4C4(CCCCC4)C1(C)C)B3c1ccc(N(c3ccc(C(C)(C)C)cc3)c3ccc(C(C)(C)C)cc3)cc1N2c1cccc2c1oc1ccccc12. The van der Waals surface area contributed by atoms with Crippen LogP contribution < -0.4 is 31.1 Å². The van der Waals surface area contributed by atoms with Gasteiger partial charge in [0.15, 0.2) is 5.58 Å². The number of benzene rings is 7. The predicted molar refractivity (Wildman–Crippen MR) is 296 cm³/mol. The number of rotatable bonds is 4. The zero-order valence-electron chi connectivity index (χ0n) is 43.1. The maximum Gasteiger partial charge on any atom is 0.252 e. The fourth-order valence-electron chi connectivity index (χ4n) is 13.2. The van der Waals surface area contributed by atoms with Gasteiger partial charge in [0.25, 0.3) is 6.71 Å². The Kier molecular flexibility index (Phi) is 9.52. The minimum atomic E-state index is -0.132. The largest absolute Gasteiger partial charge is 0.454 e. The lowest BCUT2D eigenvalue weighted by Crippen LogP contribution is -2.64. The lowest BCUT2D eigenvalue weighted by atomic mass is 9.33. The van der Waals surface area contributed by atoms with Crippen LogP contribution in [0, 0.1) is 6.92 Å². The number of nitrogens with zero attached hydrogens (tertiary/aromatic N) is 3. The highest BCUT2D eigenvalue weighted by Gasteiger charge is 2.61. The van der Waals surface area contributed by atoms with Crippen LogP contribution >= 0.6 is 0 Å². The summed E-state index contributed by atoms with van der Waals surface area (Å²) in [6.07, 6.45) is 6.31. The number of aryl methyl sites for hydroxylation is 1. The first kappa shape index (κ1) is 44.0. The molecule has 7 aromatic carbocycles. The van der Waals surface area contributed by atoms with Crippen molar-refractivity contribution in [2.24, 2.45) is 0 Å². The number of hydrogen-bond donors (Lipinski definition) is 0. The van der Waals surface area contributed by atoms with Gasteiger partial charge in [-0.1, -0.05) is 154 Å². The number of para-hydroxylation sites is 2. The highest BCUT2D eigenvalue weighted by atomic mass is 16.3. The monoisotopic (exact) mass is 906 g/mol. The first-order chi connectivity index (χ1) is 32.8. The zero-order valence-corrected chi connectivity index (χ0v) is 43.1. The van der Waals surface area contributed by atoms with E-state index in [2.05, 4.69) is 231 Å². The summed E-state index contributed by atoms with van der Waals surface area (Å²) in [4.78, 5) is 7.88. The highest BCUT2D eigenvalue weighted by Crippen LogP contribution is 2.62. The molecule has 0 unspecified atom stereocenters. The van der Waals surface area contributed by atoms with Crippen LogP contribution in [0.15, 0.2) is 138 Å². The Bertz CT molecular complexity index is 3310. The summed E-state index contributed by atoms with van der Waals surface area (Å²) in [5, 5.41) is 2.27. The summed E-state index contributed by atoms with van der Waals surface area (Å²) in [6, 6.07) is 51.4. The van der Waals surface area contributed by atoms with Crippen molar-refractivity contribution in [3.63, 3.8) is 0 Å². The van der Waals surface area contributed by atoms with Gasteiger partial charge in [0.2, 0.25) is 0 Å². The molecule has 1 saturated carbocycles. The molecule has 1 fully saturated rings. The molecule has 1 aromatic heterocycles. The number of fused-ring (bicyclic) bond motifs is 8. The molecule has 4 heterocycles. The van der Waals surface area contributed by atoms with E-state index in [-0.39, 0.29) is 33.9 Å². The Balaban J connectivity index is 1.17. The van der Waals surface area contributed by atoms with Crippen LogP contribution in [0.25, 0.3) is 21.9 Å². The van der Waals surface area contributed by atoms with E-state index in [4.69, 9.17) is 4.42 Å². The summed E-state index contributed by atoms with van der Waals surface area (Å²) in [5.41, 5.74) is 22.6. The van der Waals surface area contributed by atoms with E-state index in [0.717, 1.165) is 44.7 Å². The van der Waals surface area contributed by atoms with Crippen molar-refractivity contribution in [2.45, 2.75) is 142 Å². The van der Waals surface area contributed by atoms with E-state index in [9.17, 15) is 0 Å². The van der Waals surface area contributed by atoms with Gasteiger partial charge in [-0.3, -0.25) is 0 Å². The van der Waals surface area contributed by atoms with Gasteiger partial charge < -0.3 is 19.1 Å². The molecule has 0 radical (unpaired) electrons. The molecule has 0 atom stereocenters. The van der Waals surface area contributed by atoms with Crippen LogP contribution in [0.2, 0.25) is 0 Å². The lowest BCUT2D eigenvalue weighted by molar-refractivity contribution is 0.199. The van der Waals surface area contributed by atoms with Gasteiger partial charge in [-0.15, -0.1) is 0 Å². The van der Waals surface area contributed by atoms with Crippen molar-refractivity contribution in [1.82, 2.24) is 0 Å². The first-order valence-electron chi connectivity index (χ1n) is 25.8. The molecular weight excluding hydrogens is 838 g/mol. The Morgan fingerprint density at radius 1 is 0.536 bits per heavy atom. The van der Waals surface area contributed by atoms with E-state index in [1.807, 2.05) is 0 Å². The van der Waals surface area contributed by atoms with Crippen LogP contribution in [0.1, 0.15) is 136 Å². The van der Waals surface area contributed by atoms with Gasteiger partial charge in [-0.2, -0.15) is 0 Å². The van der Waals surface area contributed by atoms with Gasteiger partial charge in [0, 0.05) is 61.5 Å². The third-order valence-electron chi connectivity index (χ3n) is 17.0. The van der Waals surface area contributed by atoms with E-state index in [1.165, 1.54) is 93.5 Å². The van der Waals surface area contributed by atoms with E-state index >= 15 is 0 Å². The van der Waals surface area contributed by atoms with Crippen LogP contribution in [0.4, 0.5) is 45.5 Å². The van der Waals surface area contributed by atoms with Gasteiger partial charge in [0.1, 0.15) is 5.58 Å². The van der Waals surface area contributed by atoms with Gasteiger partial charge in [0.05, 0.1) is 5.69 Å². The fourth-order valence-corrected chi connectivity index (χ4v) is 13.2. The van der Waals surface area contributed by atoms with Crippen molar-refractivity contribution >= 4 is 90.5 Å². The molecule has 8 aromatic rings. The van der Waals surface area contributed by atoms with Gasteiger partial charge in [-0.25, -0.2) is 0 Å². The number of anilines is 8.